The number of hydrogen-bond acceptors (Lipinski definition) is 4. The Hall–Kier alpha value is -1.88. The van der Waals surface area contributed by atoms with Gasteiger partial charge in [0, 0.05) is 19.0 Å². The zero-order valence-corrected chi connectivity index (χ0v) is 16.4. The number of imide groups is 1. The lowest BCUT2D eigenvalue weighted by atomic mass is 9.69. The van der Waals surface area contributed by atoms with E-state index in [1.165, 1.54) is 10.5 Å². The van der Waals surface area contributed by atoms with Gasteiger partial charge < -0.3 is 4.74 Å². The first kappa shape index (κ1) is 18.9. The van der Waals surface area contributed by atoms with Gasteiger partial charge in [-0.2, -0.15) is 0 Å². The molecular formula is C21H30N2O3. The van der Waals surface area contributed by atoms with E-state index in [9.17, 15) is 9.59 Å². The molecular weight excluding hydrogens is 328 g/mol. The van der Waals surface area contributed by atoms with E-state index in [2.05, 4.69) is 25.7 Å². The van der Waals surface area contributed by atoms with Crippen molar-refractivity contribution in [1.82, 2.24) is 9.80 Å². The smallest absolute Gasteiger partial charge is 0.240 e. The van der Waals surface area contributed by atoms with E-state index in [4.69, 9.17) is 4.74 Å². The lowest BCUT2D eigenvalue weighted by Crippen LogP contribution is -2.47. The van der Waals surface area contributed by atoms with Gasteiger partial charge in [-0.1, -0.05) is 19.9 Å². The van der Waals surface area contributed by atoms with Crippen LogP contribution in [-0.4, -0.2) is 54.4 Å². The fraction of sp³-hybridized carbons (Fsp3) is 0.619. The van der Waals surface area contributed by atoms with Crippen LogP contribution in [0.4, 0.5) is 0 Å². The molecule has 5 heteroatoms. The van der Waals surface area contributed by atoms with Gasteiger partial charge in [0.15, 0.2) is 0 Å². The minimum absolute atomic E-state index is 0.0179. The molecule has 2 atom stereocenters. The Kier molecular flexibility index (Phi) is 5.37. The second-order valence-corrected chi connectivity index (χ2v) is 7.52. The highest BCUT2D eigenvalue weighted by molar-refractivity contribution is 6.09. The van der Waals surface area contributed by atoms with Crippen molar-refractivity contribution >= 4 is 11.8 Å². The summed E-state index contributed by atoms with van der Waals surface area (Å²) in [5.41, 5.74) is 1.48. The number of likely N-dealkylation sites (tertiary alicyclic amines) is 1. The molecule has 1 aromatic carbocycles. The third kappa shape index (κ3) is 3.02. The van der Waals surface area contributed by atoms with Crippen LogP contribution in [0.5, 0.6) is 5.75 Å². The van der Waals surface area contributed by atoms with Gasteiger partial charge in [0.05, 0.1) is 12.5 Å². The van der Waals surface area contributed by atoms with Crippen molar-refractivity contribution < 1.29 is 14.3 Å². The number of carbonyl (C=O) groups excluding carboxylic acids is 2. The van der Waals surface area contributed by atoms with Crippen molar-refractivity contribution in [3.8, 4) is 5.75 Å². The first-order valence-corrected chi connectivity index (χ1v) is 9.73. The molecule has 1 aliphatic carbocycles. The van der Waals surface area contributed by atoms with Gasteiger partial charge in [-0.15, -0.1) is 0 Å². The van der Waals surface area contributed by atoms with Crippen LogP contribution in [0.15, 0.2) is 18.2 Å². The van der Waals surface area contributed by atoms with Crippen LogP contribution in [0.2, 0.25) is 0 Å². The average Bonchev–Trinajstić information content (AvgIpc) is 2.87. The largest absolute Gasteiger partial charge is 0.497 e. The molecule has 1 spiro atoms. The third-order valence-corrected chi connectivity index (χ3v) is 6.17. The second kappa shape index (κ2) is 7.39. The SMILES string of the molecule is CCN(CC)C(C)CN1C(=O)CC2(CCCc3ccc(OC)cc32)C1=O. The van der Waals surface area contributed by atoms with Gasteiger partial charge >= 0.3 is 0 Å². The van der Waals surface area contributed by atoms with Crippen LogP contribution in [-0.2, 0) is 21.4 Å². The van der Waals surface area contributed by atoms with Crippen molar-refractivity contribution in [3.63, 3.8) is 0 Å². The number of likely N-dealkylation sites (N-methyl/N-ethyl adjacent to an activating group) is 1. The number of aryl methyl sites for hydroxylation is 1. The molecule has 0 saturated carbocycles. The predicted octanol–water partition coefficient (Wildman–Crippen LogP) is 2.76. The number of benzene rings is 1. The first-order valence-electron chi connectivity index (χ1n) is 9.73. The molecule has 1 aliphatic heterocycles. The molecule has 1 saturated heterocycles. The lowest BCUT2D eigenvalue weighted by molar-refractivity contribution is -0.141. The standard InChI is InChI=1S/C21H30N2O3/c1-5-22(6-2)15(3)14-23-19(24)13-21(20(23)25)11-7-8-16-9-10-17(26-4)12-18(16)21/h9-10,12,15H,5-8,11,13-14H2,1-4H3. The molecule has 3 rings (SSSR count). The maximum atomic E-state index is 13.4. The van der Waals surface area contributed by atoms with E-state index < -0.39 is 5.41 Å². The molecule has 0 N–H and O–H groups in total. The fourth-order valence-corrected chi connectivity index (χ4v) is 4.68. The van der Waals surface area contributed by atoms with Crippen molar-refractivity contribution in [2.45, 2.75) is 57.9 Å². The van der Waals surface area contributed by atoms with E-state index in [1.54, 1.807) is 7.11 Å². The number of nitrogens with zero attached hydrogens (tertiary/aromatic N) is 2. The van der Waals surface area contributed by atoms with Gasteiger partial charge in [0.2, 0.25) is 11.8 Å². The van der Waals surface area contributed by atoms with Crippen LogP contribution in [0.1, 0.15) is 51.2 Å². The summed E-state index contributed by atoms with van der Waals surface area (Å²) < 4.78 is 5.38. The number of amides is 2. The Labute approximate surface area is 156 Å². The number of fused-ring (bicyclic) bond motifs is 2. The van der Waals surface area contributed by atoms with Crippen molar-refractivity contribution in [2.24, 2.45) is 0 Å². The van der Waals surface area contributed by atoms with Crippen molar-refractivity contribution in [1.29, 1.82) is 0 Å². The van der Waals surface area contributed by atoms with E-state index in [1.807, 2.05) is 18.2 Å². The summed E-state index contributed by atoms with van der Waals surface area (Å²) in [4.78, 5) is 30.0. The summed E-state index contributed by atoms with van der Waals surface area (Å²) in [5, 5.41) is 0. The number of ether oxygens (including phenoxy) is 1. The Morgan fingerprint density at radius 2 is 2.00 bits per heavy atom. The lowest BCUT2D eigenvalue weighted by Gasteiger charge is -2.35. The third-order valence-electron chi connectivity index (χ3n) is 6.17. The Bertz CT molecular complexity index is 698. The molecule has 2 aliphatic rings. The number of hydrogen-bond donors (Lipinski definition) is 0. The Morgan fingerprint density at radius 3 is 2.65 bits per heavy atom. The summed E-state index contributed by atoms with van der Waals surface area (Å²) in [7, 11) is 1.64. The zero-order valence-electron chi connectivity index (χ0n) is 16.4. The van der Waals surface area contributed by atoms with Crippen molar-refractivity contribution in [3.05, 3.63) is 29.3 Å². The van der Waals surface area contributed by atoms with Gasteiger partial charge in [-0.25, -0.2) is 0 Å². The fourth-order valence-electron chi connectivity index (χ4n) is 4.68. The maximum Gasteiger partial charge on any atom is 0.240 e. The molecule has 26 heavy (non-hydrogen) atoms. The second-order valence-electron chi connectivity index (χ2n) is 7.52. The zero-order chi connectivity index (χ0) is 18.9. The maximum absolute atomic E-state index is 13.4. The van der Waals surface area contributed by atoms with E-state index >= 15 is 0 Å². The molecule has 0 aromatic heterocycles. The van der Waals surface area contributed by atoms with Gasteiger partial charge in [-0.3, -0.25) is 19.4 Å². The molecule has 142 valence electrons. The van der Waals surface area contributed by atoms with Crippen LogP contribution in [0.3, 0.4) is 0 Å². The number of carbonyl (C=O) groups is 2. The van der Waals surface area contributed by atoms with Gasteiger partial charge in [0.1, 0.15) is 5.75 Å². The molecule has 1 aromatic rings. The molecule has 1 heterocycles. The Morgan fingerprint density at radius 1 is 1.27 bits per heavy atom. The minimum Gasteiger partial charge on any atom is -0.497 e. The number of methoxy groups -OCH3 is 1. The summed E-state index contributed by atoms with van der Waals surface area (Å²) in [5.74, 6) is 0.695. The summed E-state index contributed by atoms with van der Waals surface area (Å²) >= 11 is 0. The normalized spacial score (nSPS) is 23.7. The molecule has 2 unspecified atom stereocenters. The predicted molar refractivity (Wildman–Crippen MR) is 101 cm³/mol. The summed E-state index contributed by atoms with van der Waals surface area (Å²) in [6, 6.07) is 6.13. The average molecular weight is 358 g/mol. The van der Waals surface area contributed by atoms with Crippen LogP contribution in [0, 0.1) is 0 Å². The Balaban J connectivity index is 1.92. The summed E-state index contributed by atoms with van der Waals surface area (Å²) in [6.07, 6.45) is 2.93. The molecule has 0 bridgehead atoms. The monoisotopic (exact) mass is 358 g/mol. The quantitative estimate of drug-likeness (QED) is 0.734. The first-order chi connectivity index (χ1) is 12.5. The topological polar surface area (TPSA) is 49.9 Å². The van der Waals surface area contributed by atoms with Crippen LogP contribution >= 0.6 is 0 Å². The van der Waals surface area contributed by atoms with E-state index in [0.29, 0.717) is 6.54 Å². The van der Waals surface area contributed by atoms with Gasteiger partial charge in [-0.05, 0) is 62.5 Å². The highest BCUT2D eigenvalue weighted by Crippen LogP contribution is 2.46. The molecule has 1 fully saturated rings. The molecule has 5 nitrogen and oxygen atoms in total. The highest BCUT2D eigenvalue weighted by atomic mass is 16.5. The van der Waals surface area contributed by atoms with E-state index in [0.717, 1.165) is 43.7 Å². The van der Waals surface area contributed by atoms with Gasteiger partial charge in [0.25, 0.3) is 0 Å². The summed E-state index contributed by atoms with van der Waals surface area (Å²) in [6.45, 7) is 8.62. The molecule has 0 radical (unpaired) electrons. The molecule has 2 amide bonds. The van der Waals surface area contributed by atoms with Crippen LogP contribution in [0.25, 0.3) is 0 Å². The van der Waals surface area contributed by atoms with Crippen LogP contribution < -0.4 is 4.74 Å². The van der Waals surface area contributed by atoms with Crippen molar-refractivity contribution in [2.75, 3.05) is 26.7 Å². The number of rotatable bonds is 6. The minimum atomic E-state index is -0.692. The highest BCUT2D eigenvalue weighted by Gasteiger charge is 2.54. The van der Waals surface area contributed by atoms with E-state index in [-0.39, 0.29) is 24.3 Å².